The van der Waals surface area contributed by atoms with Crippen LogP contribution in [0.5, 0.6) is 5.75 Å². The summed E-state index contributed by atoms with van der Waals surface area (Å²) < 4.78 is 5.06. The number of benzene rings is 1. The van der Waals surface area contributed by atoms with Crippen LogP contribution in [-0.2, 0) is 6.54 Å². The lowest BCUT2D eigenvalue weighted by molar-refractivity contribution is 0.251. The zero-order valence-corrected chi connectivity index (χ0v) is 8.66. The molecule has 0 bridgehead atoms. The van der Waals surface area contributed by atoms with E-state index < -0.39 is 0 Å². The van der Waals surface area contributed by atoms with Crippen LogP contribution >= 0.6 is 0 Å². The van der Waals surface area contributed by atoms with Crippen molar-refractivity contribution < 1.29 is 9.84 Å². The van der Waals surface area contributed by atoms with E-state index >= 15 is 0 Å². The van der Waals surface area contributed by atoms with E-state index in [1.165, 1.54) is 5.56 Å². The van der Waals surface area contributed by atoms with Gasteiger partial charge in [-0.25, -0.2) is 0 Å². The van der Waals surface area contributed by atoms with Crippen molar-refractivity contribution in [2.45, 2.75) is 19.5 Å². The summed E-state index contributed by atoms with van der Waals surface area (Å²) in [4.78, 5) is 0. The molecular formula is C11H17NO2. The first kappa shape index (κ1) is 11.0. The molecule has 0 saturated heterocycles. The summed E-state index contributed by atoms with van der Waals surface area (Å²) in [7, 11) is 1.65. The van der Waals surface area contributed by atoms with Crippen LogP contribution < -0.4 is 10.1 Å². The highest BCUT2D eigenvalue weighted by molar-refractivity contribution is 5.26. The van der Waals surface area contributed by atoms with Gasteiger partial charge in [-0.15, -0.1) is 0 Å². The average molecular weight is 195 g/mol. The van der Waals surface area contributed by atoms with Gasteiger partial charge in [-0.1, -0.05) is 12.1 Å². The van der Waals surface area contributed by atoms with Gasteiger partial charge in [0.25, 0.3) is 0 Å². The van der Waals surface area contributed by atoms with Gasteiger partial charge >= 0.3 is 0 Å². The van der Waals surface area contributed by atoms with Crippen molar-refractivity contribution in [2.24, 2.45) is 0 Å². The second kappa shape index (κ2) is 5.62. The van der Waals surface area contributed by atoms with Crippen LogP contribution in [0, 0.1) is 0 Å². The Morgan fingerprint density at radius 2 is 2.00 bits per heavy atom. The second-order valence-electron chi connectivity index (χ2n) is 3.31. The molecule has 14 heavy (non-hydrogen) atoms. The summed E-state index contributed by atoms with van der Waals surface area (Å²) in [6.45, 7) is 2.88. The Balaban J connectivity index is 2.43. The quantitative estimate of drug-likeness (QED) is 0.741. The summed E-state index contributed by atoms with van der Waals surface area (Å²) in [5.74, 6) is 0.865. The number of ether oxygens (including phenoxy) is 1. The van der Waals surface area contributed by atoms with E-state index in [4.69, 9.17) is 9.84 Å². The zero-order valence-electron chi connectivity index (χ0n) is 8.66. The molecule has 0 spiro atoms. The van der Waals surface area contributed by atoms with Crippen molar-refractivity contribution in [3.63, 3.8) is 0 Å². The molecule has 1 aromatic rings. The molecule has 0 aliphatic heterocycles. The third-order valence-corrected chi connectivity index (χ3v) is 2.09. The molecule has 0 fully saturated rings. The molecule has 1 aromatic carbocycles. The van der Waals surface area contributed by atoms with Crippen molar-refractivity contribution in [1.29, 1.82) is 0 Å². The van der Waals surface area contributed by atoms with Crippen LogP contribution in [0.25, 0.3) is 0 Å². The topological polar surface area (TPSA) is 41.5 Å². The van der Waals surface area contributed by atoms with Gasteiger partial charge in [0.15, 0.2) is 0 Å². The summed E-state index contributed by atoms with van der Waals surface area (Å²) >= 11 is 0. The Kier molecular flexibility index (Phi) is 4.43. The highest BCUT2D eigenvalue weighted by atomic mass is 16.5. The average Bonchev–Trinajstić information content (AvgIpc) is 2.26. The van der Waals surface area contributed by atoms with Crippen molar-refractivity contribution in [1.82, 2.24) is 5.32 Å². The Labute approximate surface area is 84.7 Å². The number of methoxy groups -OCH3 is 1. The van der Waals surface area contributed by atoms with Crippen LogP contribution in [0.4, 0.5) is 0 Å². The van der Waals surface area contributed by atoms with Crippen LogP contribution in [0.2, 0.25) is 0 Å². The number of aliphatic hydroxyl groups excluding tert-OH is 1. The predicted molar refractivity (Wildman–Crippen MR) is 56.4 cm³/mol. The Morgan fingerprint density at radius 3 is 2.50 bits per heavy atom. The van der Waals surface area contributed by atoms with Crippen LogP contribution in [-0.4, -0.2) is 24.9 Å². The molecule has 1 atom stereocenters. The standard InChI is InChI=1S/C11H17NO2/c1-9(8-13)12-7-10-3-5-11(14-2)6-4-10/h3-6,9,12-13H,7-8H2,1-2H3. The van der Waals surface area contributed by atoms with Crippen molar-refractivity contribution in [3.05, 3.63) is 29.8 Å². The van der Waals surface area contributed by atoms with Gasteiger partial charge in [-0.05, 0) is 24.6 Å². The smallest absolute Gasteiger partial charge is 0.118 e. The highest BCUT2D eigenvalue weighted by Crippen LogP contribution is 2.10. The molecule has 0 aliphatic carbocycles. The molecule has 3 heteroatoms. The first-order chi connectivity index (χ1) is 6.76. The maximum Gasteiger partial charge on any atom is 0.118 e. The molecule has 1 unspecified atom stereocenters. The lowest BCUT2D eigenvalue weighted by Crippen LogP contribution is -2.28. The van der Waals surface area contributed by atoms with Gasteiger partial charge in [-0.3, -0.25) is 0 Å². The van der Waals surface area contributed by atoms with E-state index in [1.54, 1.807) is 7.11 Å². The summed E-state index contributed by atoms with van der Waals surface area (Å²) in [5.41, 5.74) is 1.19. The van der Waals surface area contributed by atoms with Gasteiger partial charge in [-0.2, -0.15) is 0 Å². The summed E-state index contributed by atoms with van der Waals surface area (Å²) in [6, 6.07) is 8.02. The number of rotatable bonds is 5. The first-order valence-electron chi connectivity index (χ1n) is 4.73. The number of nitrogens with one attached hydrogen (secondary N) is 1. The molecular weight excluding hydrogens is 178 g/mol. The van der Waals surface area contributed by atoms with E-state index in [0.29, 0.717) is 0 Å². The second-order valence-corrected chi connectivity index (χ2v) is 3.31. The largest absolute Gasteiger partial charge is 0.497 e. The zero-order chi connectivity index (χ0) is 10.4. The van der Waals surface area contributed by atoms with Crippen molar-refractivity contribution >= 4 is 0 Å². The number of aliphatic hydroxyl groups is 1. The third-order valence-electron chi connectivity index (χ3n) is 2.09. The summed E-state index contributed by atoms with van der Waals surface area (Å²) in [5, 5.41) is 12.0. The molecule has 0 amide bonds. The van der Waals surface area contributed by atoms with Gasteiger partial charge in [0, 0.05) is 12.6 Å². The van der Waals surface area contributed by atoms with Gasteiger partial charge in [0.1, 0.15) is 5.75 Å². The van der Waals surface area contributed by atoms with Crippen LogP contribution in [0.15, 0.2) is 24.3 Å². The molecule has 78 valence electrons. The normalized spacial score (nSPS) is 12.5. The molecule has 1 rings (SSSR count). The van der Waals surface area contributed by atoms with Crippen molar-refractivity contribution in [2.75, 3.05) is 13.7 Å². The minimum absolute atomic E-state index is 0.136. The van der Waals surface area contributed by atoms with Crippen LogP contribution in [0.1, 0.15) is 12.5 Å². The number of hydrogen-bond donors (Lipinski definition) is 2. The predicted octanol–water partition coefficient (Wildman–Crippen LogP) is 1.17. The monoisotopic (exact) mass is 195 g/mol. The van der Waals surface area contributed by atoms with E-state index in [0.717, 1.165) is 12.3 Å². The minimum Gasteiger partial charge on any atom is -0.497 e. The molecule has 0 saturated carbocycles. The number of hydrogen-bond acceptors (Lipinski definition) is 3. The fraction of sp³-hybridized carbons (Fsp3) is 0.455. The van der Waals surface area contributed by atoms with E-state index in [1.807, 2.05) is 31.2 Å². The SMILES string of the molecule is COc1ccc(CNC(C)CO)cc1. The molecule has 2 N–H and O–H groups in total. The van der Waals surface area contributed by atoms with E-state index in [9.17, 15) is 0 Å². The lowest BCUT2D eigenvalue weighted by Gasteiger charge is -2.10. The highest BCUT2D eigenvalue weighted by Gasteiger charge is 1.98. The Morgan fingerprint density at radius 1 is 1.36 bits per heavy atom. The lowest BCUT2D eigenvalue weighted by atomic mass is 10.2. The molecule has 0 aromatic heterocycles. The molecule has 0 heterocycles. The summed E-state index contributed by atoms with van der Waals surface area (Å²) in [6.07, 6.45) is 0. The van der Waals surface area contributed by atoms with Crippen LogP contribution in [0.3, 0.4) is 0 Å². The maximum absolute atomic E-state index is 8.81. The van der Waals surface area contributed by atoms with E-state index in [-0.39, 0.29) is 12.6 Å². The fourth-order valence-corrected chi connectivity index (χ4v) is 1.10. The maximum atomic E-state index is 8.81. The molecule has 0 radical (unpaired) electrons. The van der Waals surface area contributed by atoms with Crippen molar-refractivity contribution in [3.8, 4) is 5.75 Å². The Bertz CT molecular complexity index is 258. The third kappa shape index (κ3) is 3.36. The molecule has 0 aliphatic rings. The molecule has 3 nitrogen and oxygen atoms in total. The van der Waals surface area contributed by atoms with E-state index in [2.05, 4.69) is 5.32 Å². The minimum atomic E-state index is 0.136. The first-order valence-corrected chi connectivity index (χ1v) is 4.73. The Hall–Kier alpha value is -1.06. The van der Waals surface area contributed by atoms with Gasteiger partial charge in [0.2, 0.25) is 0 Å². The van der Waals surface area contributed by atoms with Gasteiger partial charge in [0.05, 0.1) is 13.7 Å². The van der Waals surface area contributed by atoms with Gasteiger partial charge < -0.3 is 15.2 Å². The fourth-order valence-electron chi connectivity index (χ4n) is 1.10.